The Morgan fingerprint density at radius 3 is 2.25 bits per heavy atom. The van der Waals surface area contributed by atoms with E-state index in [2.05, 4.69) is 4.18 Å². The fourth-order valence-corrected chi connectivity index (χ4v) is 0.963. The third-order valence-electron chi connectivity index (χ3n) is 0.978. The summed E-state index contributed by atoms with van der Waals surface area (Å²) in [5, 5.41) is 0.536. The summed E-state index contributed by atoms with van der Waals surface area (Å²) in [7, 11) is 0. The summed E-state index contributed by atoms with van der Waals surface area (Å²) < 4.78 is 24.3. The molecule has 0 aromatic heterocycles. The summed E-state index contributed by atoms with van der Waals surface area (Å²) in [6, 6.07) is 6.03. The van der Waals surface area contributed by atoms with Gasteiger partial charge >= 0.3 is 0 Å². The van der Waals surface area contributed by atoms with Crippen molar-refractivity contribution in [2.45, 2.75) is 0 Å². The van der Waals surface area contributed by atoms with Crippen LogP contribution in [0.3, 0.4) is 0 Å². The topological polar surface area (TPSA) is 49.4 Å². The molecule has 0 aliphatic heterocycles. The van der Waals surface area contributed by atoms with Crippen LogP contribution in [0.1, 0.15) is 0 Å². The van der Waals surface area contributed by atoms with Gasteiger partial charge in [-0.2, -0.15) is 0 Å². The first-order valence-corrected chi connectivity index (χ1v) is 4.09. The molecule has 0 fully saturated rings. The largest absolute Gasteiger partial charge is 0.740 e. The van der Waals surface area contributed by atoms with E-state index in [1.54, 1.807) is 12.1 Å². The van der Waals surface area contributed by atoms with Gasteiger partial charge in [0, 0.05) is 32.7 Å². The quantitative estimate of drug-likeness (QED) is 0.567. The van der Waals surface area contributed by atoms with Crippen LogP contribution in [0.25, 0.3) is 0 Å². The van der Waals surface area contributed by atoms with Crippen LogP contribution in [0.4, 0.5) is 0 Å². The molecule has 0 aliphatic rings. The van der Waals surface area contributed by atoms with E-state index < -0.39 is 11.4 Å². The van der Waals surface area contributed by atoms with Crippen LogP contribution in [-0.4, -0.2) is 8.76 Å². The normalized spacial score (nSPS) is 11.5. The minimum Gasteiger partial charge on any atom is -0.740 e. The predicted octanol–water partition coefficient (Wildman–Crippen LogP) is 1.51. The van der Waals surface area contributed by atoms with Crippen LogP contribution in [0, 0.1) is 0 Å². The fraction of sp³-hybridized carbons (Fsp3) is 0. The van der Waals surface area contributed by atoms with Crippen LogP contribution < -0.4 is 4.18 Å². The van der Waals surface area contributed by atoms with Crippen molar-refractivity contribution >= 4 is 23.0 Å². The number of hydrogen-bond acceptors (Lipinski definition) is 3. The molecular weight excluding hydrogens is 388 g/mol. The molecule has 6 heteroatoms. The van der Waals surface area contributed by atoms with Gasteiger partial charge in [0.05, 0.1) is 0 Å². The van der Waals surface area contributed by atoms with E-state index in [4.69, 9.17) is 11.6 Å². The first-order chi connectivity index (χ1) is 5.18. The maximum atomic E-state index is 10.00. The molecule has 0 amide bonds. The summed E-state index contributed by atoms with van der Waals surface area (Å²) in [6.45, 7) is 0. The van der Waals surface area contributed by atoms with Crippen molar-refractivity contribution in [3.05, 3.63) is 29.3 Å². The number of benzene rings is 1. The monoisotopic (exact) mass is 393 g/mol. The Bertz CT molecular complexity index is 264. The first-order valence-electron chi connectivity index (χ1n) is 2.71. The van der Waals surface area contributed by atoms with Crippen molar-refractivity contribution in [1.29, 1.82) is 0 Å². The first kappa shape index (κ1) is 12.4. The minimum absolute atomic E-state index is 0. The van der Waals surface area contributed by atoms with Gasteiger partial charge in [0.15, 0.2) is 0 Å². The summed E-state index contributed by atoms with van der Waals surface area (Å²) in [5.41, 5.74) is 0. The molecule has 1 unspecified atom stereocenters. The van der Waals surface area contributed by atoms with Gasteiger partial charge in [-0.1, -0.05) is 11.6 Å². The van der Waals surface area contributed by atoms with Gasteiger partial charge in [0.2, 0.25) is 0 Å². The molecule has 0 heterocycles. The van der Waals surface area contributed by atoms with E-state index >= 15 is 0 Å². The van der Waals surface area contributed by atoms with Crippen molar-refractivity contribution in [2.24, 2.45) is 0 Å². The Morgan fingerprint density at radius 2 is 1.83 bits per heavy atom. The molecule has 1 aromatic carbocycles. The molecule has 0 radical (unpaired) electrons. The van der Waals surface area contributed by atoms with Gasteiger partial charge in [-0.3, -0.25) is 0 Å². The molecule has 0 spiro atoms. The minimum atomic E-state index is -2.52. The third kappa shape index (κ3) is 4.40. The Labute approximate surface area is 98.1 Å². The van der Waals surface area contributed by atoms with Gasteiger partial charge in [-0.25, -0.2) is 4.21 Å². The Kier molecular flexibility index (Phi) is 6.08. The van der Waals surface area contributed by atoms with Crippen LogP contribution >= 0.6 is 11.6 Å². The van der Waals surface area contributed by atoms with E-state index in [0.717, 1.165) is 0 Å². The van der Waals surface area contributed by atoms with Crippen molar-refractivity contribution in [3.8, 4) is 5.75 Å². The van der Waals surface area contributed by atoms with Crippen LogP contribution in [-0.2, 0) is 39.0 Å². The Hall–Kier alpha value is 0.355. The number of halogens is 1. The van der Waals surface area contributed by atoms with Gasteiger partial charge in [0.1, 0.15) is 17.1 Å². The third-order valence-corrected chi connectivity index (χ3v) is 1.56. The zero-order valence-electron chi connectivity index (χ0n) is 6.03. The second-order valence-corrected chi connectivity index (χ2v) is 2.75. The van der Waals surface area contributed by atoms with Gasteiger partial charge < -0.3 is 8.74 Å². The number of hydrogen-bond donors (Lipinski definition) is 0. The van der Waals surface area contributed by atoms with E-state index in [1.807, 2.05) is 0 Å². The van der Waals surface area contributed by atoms with Gasteiger partial charge in [-0.15, -0.1) is 0 Å². The molecule has 1 atom stereocenters. The van der Waals surface area contributed by atoms with Crippen molar-refractivity contribution < 1.29 is 40.6 Å². The van der Waals surface area contributed by atoms with E-state index in [-0.39, 0.29) is 33.4 Å². The zero-order chi connectivity index (χ0) is 8.27. The van der Waals surface area contributed by atoms with E-state index in [1.165, 1.54) is 12.1 Å². The predicted molar refractivity (Wildman–Crippen MR) is 41.0 cm³/mol. The van der Waals surface area contributed by atoms with Crippen LogP contribution in [0.15, 0.2) is 24.3 Å². The summed E-state index contributed by atoms with van der Waals surface area (Å²) in [4.78, 5) is 0. The maximum Gasteiger partial charge on any atom is 0.139 e. The van der Waals surface area contributed by atoms with Crippen molar-refractivity contribution in [2.75, 3.05) is 0 Å². The molecule has 0 N–H and O–H groups in total. The molecule has 0 aliphatic carbocycles. The Morgan fingerprint density at radius 1 is 1.33 bits per heavy atom. The maximum absolute atomic E-state index is 10.00. The molecule has 62 valence electrons. The van der Waals surface area contributed by atoms with Crippen LogP contribution in [0.5, 0.6) is 5.75 Å². The average molecular weight is 392 g/mol. The summed E-state index contributed by atoms with van der Waals surface area (Å²) >= 11 is 3.02. The summed E-state index contributed by atoms with van der Waals surface area (Å²) in [5.74, 6) is 0.253. The fourth-order valence-electron chi connectivity index (χ4n) is 0.569. The molecule has 1 aromatic rings. The van der Waals surface area contributed by atoms with E-state index in [0.29, 0.717) is 5.02 Å². The molecule has 0 saturated heterocycles. The molecule has 0 saturated carbocycles. The van der Waals surface area contributed by atoms with Crippen LogP contribution in [0.2, 0.25) is 5.02 Å². The Balaban J connectivity index is 0.00000121. The van der Waals surface area contributed by atoms with E-state index in [9.17, 15) is 8.76 Å². The summed E-state index contributed by atoms with van der Waals surface area (Å²) in [6.07, 6.45) is 0. The van der Waals surface area contributed by atoms with Gasteiger partial charge in [0.25, 0.3) is 0 Å². The number of rotatable bonds is 2. The molecule has 1 rings (SSSR count). The second-order valence-electron chi connectivity index (χ2n) is 1.74. The molecule has 0 bridgehead atoms. The average Bonchev–Trinajstić information content (AvgIpc) is 1.93. The van der Waals surface area contributed by atoms with Crippen molar-refractivity contribution in [1.82, 2.24) is 0 Å². The molecule has 3 nitrogen and oxygen atoms in total. The molecule has 12 heavy (non-hydrogen) atoms. The SMILES string of the molecule is O=S([O-])Oc1ccc(Cl)cc1.[Hg]. The van der Waals surface area contributed by atoms with Gasteiger partial charge in [-0.05, 0) is 24.3 Å². The second kappa shape index (κ2) is 5.91. The van der Waals surface area contributed by atoms with Crippen molar-refractivity contribution in [3.63, 3.8) is 0 Å². The zero-order valence-corrected chi connectivity index (χ0v) is 13.1. The smallest absolute Gasteiger partial charge is 0.139 e. The standard InChI is InChI=1S/C6H5ClO3S.Hg/c7-5-1-3-6(4-2-5)10-11(8)9;/h1-4H,(H,8,9);/p-1. The molecular formula is C6H4ClHgO3S-.